The van der Waals surface area contributed by atoms with E-state index in [1.54, 1.807) is 24.4 Å². The molecular weight excluding hydrogens is 297 g/mol. The molecule has 1 amide bonds. The first kappa shape index (κ1) is 13.3. The normalized spacial score (nSPS) is 11.0. The van der Waals surface area contributed by atoms with Gasteiger partial charge in [-0.2, -0.15) is 4.98 Å². The summed E-state index contributed by atoms with van der Waals surface area (Å²) in [5.41, 5.74) is 1.73. The van der Waals surface area contributed by atoms with Gasteiger partial charge in [0, 0.05) is 17.1 Å². The maximum Gasteiger partial charge on any atom is 0.258 e. The third-order valence-electron chi connectivity index (χ3n) is 3.39. The van der Waals surface area contributed by atoms with E-state index in [1.165, 1.54) is 22.8 Å². The molecule has 0 spiro atoms. The molecule has 112 valence electrons. The van der Waals surface area contributed by atoms with Gasteiger partial charge < -0.3 is 0 Å². The van der Waals surface area contributed by atoms with Gasteiger partial charge in [0.1, 0.15) is 5.82 Å². The van der Waals surface area contributed by atoms with E-state index in [-0.39, 0.29) is 11.9 Å². The van der Waals surface area contributed by atoms with Crippen molar-refractivity contribution in [3.8, 4) is 0 Å². The van der Waals surface area contributed by atoms with E-state index in [0.717, 1.165) is 10.9 Å². The SMILES string of the molecule is O=C(Nc1nc2ccc(F)cn2n1)c1ccc2ncccc2c1. The molecule has 4 rings (SSSR count). The molecule has 0 aliphatic rings. The van der Waals surface area contributed by atoms with E-state index in [4.69, 9.17) is 0 Å². The summed E-state index contributed by atoms with van der Waals surface area (Å²) in [6, 6.07) is 11.7. The zero-order valence-corrected chi connectivity index (χ0v) is 11.8. The number of rotatable bonds is 2. The van der Waals surface area contributed by atoms with Crippen LogP contribution in [0.15, 0.2) is 54.9 Å². The summed E-state index contributed by atoms with van der Waals surface area (Å²) in [7, 11) is 0. The first-order chi connectivity index (χ1) is 11.2. The topological polar surface area (TPSA) is 72.2 Å². The highest BCUT2D eigenvalue weighted by atomic mass is 19.1. The van der Waals surface area contributed by atoms with Crippen LogP contribution in [0.2, 0.25) is 0 Å². The number of hydrogen-bond donors (Lipinski definition) is 1. The van der Waals surface area contributed by atoms with Gasteiger partial charge in [0.05, 0.1) is 11.7 Å². The first-order valence-corrected chi connectivity index (χ1v) is 6.87. The summed E-state index contributed by atoms with van der Waals surface area (Å²) in [5, 5.41) is 7.50. The molecule has 0 radical (unpaired) electrons. The number of carbonyl (C=O) groups is 1. The molecule has 0 saturated carbocycles. The Bertz CT molecular complexity index is 1040. The zero-order chi connectivity index (χ0) is 15.8. The van der Waals surface area contributed by atoms with Crippen LogP contribution in [0.4, 0.5) is 10.3 Å². The predicted octanol–water partition coefficient (Wildman–Crippen LogP) is 2.67. The van der Waals surface area contributed by atoms with Crippen molar-refractivity contribution in [2.24, 2.45) is 0 Å². The summed E-state index contributed by atoms with van der Waals surface area (Å²) < 4.78 is 14.4. The standard InChI is InChI=1S/C16H10FN5O/c17-12-4-6-14-19-16(21-22(14)9-12)20-15(23)11-3-5-13-10(8-11)2-1-7-18-13/h1-9H,(H,20,21,23). The van der Waals surface area contributed by atoms with Gasteiger partial charge in [0.25, 0.3) is 5.91 Å². The van der Waals surface area contributed by atoms with Crippen molar-refractivity contribution >= 4 is 28.4 Å². The molecule has 0 aliphatic heterocycles. The van der Waals surface area contributed by atoms with Crippen molar-refractivity contribution in [3.63, 3.8) is 0 Å². The lowest BCUT2D eigenvalue weighted by Gasteiger charge is -2.02. The number of nitrogens with zero attached hydrogens (tertiary/aromatic N) is 4. The van der Waals surface area contributed by atoms with Crippen LogP contribution >= 0.6 is 0 Å². The molecule has 6 nitrogen and oxygen atoms in total. The number of pyridine rings is 2. The van der Waals surface area contributed by atoms with E-state index in [0.29, 0.717) is 11.2 Å². The molecule has 1 N–H and O–H groups in total. The minimum absolute atomic E-state index is 0.117. The first-order valence-electron chi connectivity index (χ1n) is 6.87. The number of anilines is 1. The van der Waals surface area contributed by atoms with E-state index >= 15 is 0 Å². The van der Waals surface area contributed by atoms with Gasteiger partial charge in [-0.15, -0.1) is 5.10 Å². The summed E-state index contributed by atoms with van der Waals surface area (Å²) in [4.78, 5) is 20.6. The van der Waals surface area contributed by atoms with Crippen molar-refractivity contribution in [2.45, 2.75) is 0 Å². The van der Waals surface area contributed by atoms with Crippen molar-refractivity contribution in [1.82, 2.24) is 19.6 Å². The van der Waals surface area contributed by atoms with Crippen molar-refractivity contribution in [3.05, 3.63) is 66.2 Å². The largest absolute Gasteiger partial charge is 0.289 e. The van der Waals surface area contributed by atoms with E-state index in [1.807, 2.05) is 12.1 Å². The second kappa shape index (κ2) is 5.13. The Labute approximate surface area is 129 Å². The number of hydrogen-bond acceptors (Lipinski definition) is 4. The van der Waals surface area contributed by atoms with E-state index < -0.39 is 5.82 Å². The fourth-order valence-corrected chi connectivity index (χ4v) is 2.30. The van der Waals surface area contributed by atoms with Crippen LogP contribution in [-0.4, -0.2) is 25.5 Å². The van der Waals surface area contributed by atoms with Gasteiger partial charge in [0.15, 0.2) is 5.65 Å². The fraction of sp³-hybridized carbons (Fsp3) is 0. The average Bonchev–Trinajstić information content (AvgIpc) is 2.95. The number of amides is 1. The molecule has 0 fully saturated rings. The van der Waals surface area contributed by atoms with Crippen LogP contribution in [-0.2, 0) is 0 Å². The van der Waals surface area contributed by atoms with E-state index in [2.05, 4.69) is 20.4 Å². The second-order valence-electron chi connectivity index (χ2n) is 4.95. The number of halogens is 1. The van der Waals surface area contributed by atoms with Crippen LogP contribution in [0, 0.1) is 5.82 Å². The smallest absolute Gasteiger partial charge is 0.258 e. The monoisotopic (exact) mass is 307 g/mol. The number of aromatic nitrogens is 4. The van der Waals surface area contributed by atoms with Gasteiger partial charge in [-0.3, -0.25) is 15.1 Å². The fourth-order valence-electron chi connectivity index (χ4n) is 2.30. The molecule has 0 bridgehead atoms. The molecule has 0 unspecified atom stereocenters. The van der Waals surface area contributed by atoms with Crippen molar-refractivity contribution in [2.75, 3.05) is 5.32 Å². The van der Waals surface area contributed by atoms with Gasteiger partial charge >= 0.3 is 0 Å². The van der Waals surface area contributed by atoms with Gasteiger partial charge in [-0.25, -0.2) is 8.91 Å². The number of nitrogens with one attached hydrogen (secondary N) is 1. The highest BCUT2D eigenvalue weighted by Crippen LogP contribution is 2.15. The predicted molar refractivity (Wildman–Crippen MR) is 82.6 cm³/mol. The lowest BCUT2D eigenvalue weighted by molar-refractivity contribution is 0.102. The molecule has 7 heteroatoms. The number of benzene rings is 1. The maximum absolute atomic E-state index is 13.1. The lowest BCUT2D eigenvalue weighted by atomic mass is 10.1. The molecule has 0 atom stereocenters. The average molecular weight is 307 g/mol. The minimum atomic E-state index is -0.428. The van der Waals surface area contributed by atoms with Crippen molar-refractivity contribution in [1.29, 1.82) is 0 Å². The zero-order valence-electron chi connectivity index (χ0n) is 11.8. The second-order valence-corrected chi connectivity index (χ2v) is 4.95. The Morgan fingerprint density at radius 3 is 3.00 bits per heavy atom. The molecule has 3 heterocycles. The Morgan fingerprint density at radius 1 is 1.17 bits per heavy atom. The molecule has 0 saturated heterocycles. The van der Waals surface area contributed by atoms with Crippen molar-refractivity contribution < 1.29 is 9.18 Å². The van der Waals surface area contributed by atoms with Crippen LogP contribution in [0.3, 0.4) is 0 Å². The molecule has 1 aromatic carbocycles. The minimum Gasteiger partial charge on any atom is -0.289 e. The highest BCUT2D eigenvalue weighted by Gasteiger charge is 2.11. The van der Waals surface area contributed by atoms with E-state index in [9.17, 15) is 9.18 Å². The third kappa shape index (κ3) is 2.48. The van der Waals surface area contributed by atoms with Crippen LogP contribution in [0.5, 0.6) is 0 Å². The third-order valence-corrected chi connectivity index (χ3v) is 3.39. The van der Waals surface area contributed by atoms with Crippen LogP contribution in [0.1, 0.15) is 10.4 Å². The van der Waals surface area contributed by atoms with Gasteiger partial charge in [-0.1, -0.05) is 6.07 Å². The van der Waals surface area contributed by atoms with Crippen LogP contribution in [0.25, 0.3) is 16.6 Å². The highest BCUT2D eigenvalue weighted by molar-refractivity contribution is 6.05. The Balaban J connectivity index is 1.64. The molecule has 0 aliphatic carbocycles. The van der Waals surface area contributed by atoms with Gasteiger partial charge in [0.2, 0.25) is 5.95 Å². The van der Waals surface area contributed by atoms with Crippen LogP contribution < -0.4 is 5.32 Å². The number of fused-ring (bicyclic) bond motifs is 2. The molecule has 3 aromatic heterocycles. The summed E-state index contributed by atoms with van der Waals surface area (Å²) in [6.07, 6.45) is 2.89. The summed E-state index contributed by atoms with van der Waals surface area (Å²) in [5.74, 6) is -0.652. The quantitative estimate of drug-likeness (QED) is 0.618. The molecular formula is C16H10FN5O. The summed E-state index contributed by atoms with van der Waals surface area (Å²) in [6.45, 7) is 0. The lowest BCUT2D eigenvalue weighted by Crippen LogP contribution is -2.13. The summed E-state index contributed by atoms with van der Waals surface area (Å²) >= 11 is 0. The Hall–Kier alpha value is -3.35. The molecule has 23 heavy (non-hydrogen) atoms. The Morgan fingerprint density at radius 2 is 2.09 bits per heavy atom. The Kier molecular flexibility index (Phi) is 2.97. The van der Waals surface area contributed by atoms with Gasteiger partial charge in [-0.05, 0) is 36.4 Å². The molecule has 4 aromatic rings. The maximum atomic E-state index is 13.1. The number of carbonyl (C=O) groups excluding carboxylic acids is 1.